The number of pyridine rings is 1. The molecule has 0 saturated heterocycles. The Hall–Kier alpha value is -3.28. The summed E-state index contributed by atoms with van der Waals surface area (Å²) in [7, 11) is 0. The third kappa shape index (κ3) is 3.69. The lowest BCUT2D eigenvalue weighted by Gasteiger charge is -2.06. The van der Waals surface area contributed by atoms with Crippen molar-refractivity contribution < 1.29 is 4.79 Å². The fraction of sp³-hybridized carbons (Fsp3) is 0.200. The van der Waals surface area contributed by atoms with Crippen molar-refractivity contribution in [2.24, 2.45) is 0 Å². The first-order valence-corrected chi connectivity index (χ1v) is 8.79. The molecular formula is C20H21N5O. The van der Waals surface area contributed by atoms with Gasteiger partial charge >= 0.3 is 6.03 Å². The highest BCUT2D eigenvalue weighted by Crippen LogP contribution is 2.14. The molecule has 4 rings (SSSR count). The second kappa shape index (κ2) is 7.31. The van der Waals surface area contributed by atoms with Crippen molar-refractivity contribution >= 4 is 22.6 Å². The van der Waals surface area contributed by atoms with E-state index in [4.69, 9.17) is 0 Å². The molecule has 0 fully saturated rings. The van der Waals surface area contributed by atoms with Crippen LogP contribution in [-0.2, 0) is 12.8 Å². The molecule has 4 aromatic rings. The number of benzene rings is 1. The predicted molar refractivity (Wildman–Crippen MR) is 102 cm³/mol. The van der Waals surface area contributed by atoms with Crippen LogP contribution in [0.4, 0.5) is 4.79 Å². The summed E-state index contributed by atoms with van der Waals surface area (Å²) in [6.07, 6.45) is 5.44. The first kappa shape index (κ1) is 16.2. The van der Waals surface area contributed by atoms with E-state index in [0.29, 0.717) is 19.5 Å². The molecule has 132 valence electrons. The first-order valence-electron chi connectivity index (χ1n) is 8.79. The largest absolute Gasteiger partial charge is 0.358 e. The van der Waals surface area contributed by atoms with Crippen LogP contribution < -0.4 is 10.6 Å². The van der Waals surface area contributed by atoms with Gasteiger partial charge in [-0.15, -0.1) is 0 Å². The third-order valence-corrected chi connectivity index (χ3v) is 4.35. The van der Waals surface area contributed by atoms with Gasteiger partial charge in [0.15, 0.2) is 0 Å². The third-order valence-electron chi connectivity index (χ3n) is 4.35. The number of aromatic nitrogens is 3. The number of para-hydroxylation sites is 1. The highest BCUT2D eigenvalue weighted by atomic mass is 16.2. The number of carbonyl (C=O) groups is 1. The minimum atomic E-state index is -0.148. The lowest BCUT2D eigenvalue weighted by Crippen LogP contribution is -2.37. The van der Waals surface area contributed by atoms with Crippen LogP contribution in [-0.4, -0.2) is 33.5 Å². The summed E-state index contributed by atoms with van der Waals surface area (Å²) in [4.78, 5) is 19.8. The van der Waals surface area contributed by atoms with Gasteiger partial charge in [0.1, 0.15) is 5.65 Å². The topological polar surface area (TPSA) is 74.2 Å². The number of nitrogens with one attached hydrogen (secondary N) is 3. The second-order valence-corrected chi connectivity index (χ2v) is 6.26. The summed E-state index contributed by atoms with van der Waals surface area (Å²) in [5.74, 6) is 0. The Morgan fingerprint density at radius 1 is 1.04 bits per heavy atom. The maximum absolute atomic E-state index is 11.9. The molecule has 0 aliphatic rings. The number of amides is 2. The average molecular weight is 347 g/mol. The van der Waals surface area contributed by atoms with E-state index in [1.807, 2.05) is 47.1 Å². The predicted octanol–water partition coefficient (Wildman–Crippen LogP) is 2.90. The maximum Gasteiger partial charge on any atom is 0.314 e. The highest BCUT2D eigenvalue weighted by Gasteiger charge is 2.04. The number of nitrogens with zero attached hydrogens (tertiary/aromatic N) is 2. The molecule has 0 saturated carbocycles. The zero-order valence-corrected chi connectivity index (χ0v) is 14.4. The molecule has 3 N–H and O–H groups in total. The number of hydrogen-bond acceptors (Lipinski definition) is 2. The Morgan fingerprint density at radius 2 is 1.85 bits per heavy atom. The Kier molecular flexibility index (Phi) is 4.55. The Morgan fingerprint density at radius 3 is 2.69 bits per heavy atom. The van der Waals surface area contributed by atoms with Gasteiger partial charge in [0.05, 0.1) is 5.69 Å². The molecule has 0 spiro atoms. The summed E-state index contributed by atoms with van der Waals surface area (Å²) in [6.45, 7) is 1.15. The van der Waals surface area contributed by atoms with E-state index in [-0.39, 0.29) is 6.03 Å². The lowest BCUT2D eigenvalue weighted by molar-refractivity contribution is 0.241. The Labute approximate surface area is 151 Å². The van der Waals surface area contributed by atoms with Crippen LogP contribution in [0.3, 0.4) is 0 Å². The van der Waals surface area contributed by atoms with Crippen LogP contribution >= 0.6 is 0 Å². The number of hydrogen-bond donors (Lipinski definition) is 3. The van der Waals surface area contributed by atoms with Gasteiger partial charge in [0.25, 0.3) is 0 Å². The van der Waals surface area contributed by atoms with Crippen LogP contribution in [0.25, 0.3) is 16.6 Å². The molecule has 2 amide bonds. The van der Waals surface area contributed by atoms with Gasteiger partial charge in [-0.2, -0.15) is 0 Å². The Bertz CT molecular complexity index is 885. The molecule has 0 aliphatic heterocycles. The fourth-order valence-electron chi connectivity index (χ4n) is 3.05. The van der Waals surface area contributed by atoms with E-state index < -0.39 is 0 Å². The van der Waals surface area contributed by atoms with E-state index in [9.17, 15) is 4.79 Å². The van der Waals surface area contributed by atoms with Crippen LogP contribution in [0.1, 0.15) is 11.4 Å². The van der Waals surface area contributed by atoms with Gasteiger partial charge in [-0.05, 0) is 29.7 Å². The fourth-order valence-corrected chi connectivity index (χ4v) is 3.05. The van der Waals surface area contributed by atoms with Gasteiger partial charge in [-0.3, -0.25) is 0 Å². The van der Waals surface area contributed by atoms with Crippen molar-refractivity contribution in [1.29, 1.82) is 0 Å². The molecule has 6 nitrogen and oxygen atoms in total. The number of imidazole rings is 1. The van der Waals surface area contributed by atoms with Crippen molar-refractivity contribution in [3.8, 4) is 0 Å². The summed E-state index contributed by atoms with van der Waals surface area (Å²) in [5, 5.41) is 6.97. The molecular weight excluding hydrogens is 326 g/mol. The van der Waals surface area contributed by atoms with E-state index in [0.717, 1.165) is 29.0 Å². The number of H-pyrrole nitrogens is 1. The number of urea groups is 1. The van der Waals surface area contributed by atoms with Crippen LogP contribution in [0.15, 0.2) is 60.9 Å². The molecule has 0 atom stereocenters. The number of aromatic amines is 1. The average Bonchev–Trinajstić information content (AvgIpc) is 3.24. The minimum absolute atomic E-state index is 0.148. The zero-order valence-electron chi connectivity index (χ0n) is 14.4. The van der Waals surface area contributed by atoms with E-state index >= 15 is 0 Å². The number of carbonyl (C=O) groups excluding carboxylic acids is 1. The first-order chi connectivity index (χ1) is 12.8. The molecule has 3 aromatic heterocycles. The van der Waals surface area contributed by atoms with Crippen LogP contribution in [0.5, 0.6) is 0 Å². The summed E-state index contributed by atoms with van der Waals surface area (Å²) in [5.41, 5.74) is 4.13. The van der Waals surface area contributed by atoms with E-state index in [2.05, 4.69) is 38.8 Å². The second-order valence-electron chi connectivity index (χ2n) is 6.26. The molecule has 0 unspecified atom stereocenters. The highest BCUT2D eigenvalue weighted by molar-refractivity contribution is 5.80. The van der Waals surface area contributed by atoms with Crippen molar-refractivity contribution in [3.63, 3.8) is 0 Å². The lowest BCUT2D eigenvalue weighted by atomic mass is 10.2. The van der Waals surface area contributed by atoms with Crippen LogP contribution in [0, 0.1) is 0 Å². The van der Waals surface area contributed by atoms with Crippen molar-refractivity contribution in [2.45, 2.75) is 12.8 Å². The van der Waals surface area contributed by atoms with Crippen LogP contribution in [0.2, 0.25) is 0 Å². The van der Waals surface area contributed by atoms with Crippen molar-refractivity contribution in [2.75, 3.05) is 13.1 Å². The van der Waals surface area contributed by atoms with Crippen molar-refractivity contribution in [3.05, 3.63) is 72.3 Å². The SMILES string of the molecule is O=C(NCCc1cn2ccccc2n1)NCCc1cc2ccccc2[nH]1. The van der Waals surface area contributed by atoms with Gasteiger partial charge in [-0.1, -0.05) is 24.3 Å². The quantitative estimate of drug-likeness (QED) is 0.502. The minimum Gasteiger partial charge on any atom is -0.358 e. The Balaban J connectivity index is 1.20. The summed E-state index contributed by atoms with van der Waals surface area (Å²) >= 11 is 0. The summed E-state index contributed by atoms with van der Waals surface area (Å²) < 4.78 is 1.98. The molecule has 0 radical (unpaired) electrons. The maximum atomic E-state index is 11.9. The molecule has 3 heterocycles. The monoisotopic (exact) mass is 347 g/mol. The molecule has 0 aliphatic carbocycles. The standard InChI is InChI=1S/C20H21N5O/c26-20(21-10-8-16-13-15-5-1-2-6-18(15)23-16)22-11-9-17-14-25-12-4-3-7-19(25)24-17/h1-7,12-14,23H,8-11H2,(H2,21,22,26). The molecule has 0 bridgehead atoms. The van der Waals surface area contributed by atoms with Gasteiger partial charge in [0, 0.05) is 49.5 Å². The van der Waals surface area contributed by atoms with E-state index in [1.165, 1.54) is 5.39 Å². The van der Waals surface area contributed by atoms with E-state index in [1.54, 1.807) is 0 Å². The summed E-state index contributed by atoms with van der Waals surface area (Å²) in [6, 6.07) is 16.0. The van der Waals surface area contributed by atoms with Gasteiger partial charge in [0.2, 0.25) is 0 Å². The van der Waals surface area contributed by atoms with Crippen molar-refractivity contribution in [1.82, 2.24) is 25.0 Å². The zero-order chi connectivity index (χ0) is 17.8. The number of fused-ring (bicyclic) bond motifs is 2. The van der Waals surface area contributed by atoms with Gasteiger partial charge < -0.3 is 20.0 Å². The molecule has 1 aromatic carbocycles. The normalized spacial score (nSPS) is 11.1. The smallest absolute Gasteiger partial charge is 0.314 e. The number of rotatable bonds is 6. The molecule has 26 heavy (non-hydrogen) atoms. The van der Waals surface area contributed by atoms with Gasteiger partial charge in [-0.25, -0.2) is 9.78 Å². The molecule has 6 heteroatoms.